The van der Waals surface area contributed by atoms with Crippen molar-refractivity contribution < 1.29 is 14.3 Å². The summed E-state index contributed by atoms with van der Waals surface area (Å²) in [5.74, 6) is 2.05. The molecule has 0 aliphatic carbocycles. The average molecular weight is 312 g/mol. The first-order valence-corrected chi connectivity index (χ1v) is 8.19. The molecular formula is C15H24N2O3S. The zero-order valence-corrected chi connectivity index (χ0v) is 13.8. The maximum atomic E-state index is 12.0. The third-order valence-electron chi connectivity index (χ3n) is 3.24. The number of nitrogens with one attached hydrogen (secondary N) is 1. The summed E-state index contributed by atoms with van der Waals surface area (Å²) in [5.41, 5.74) is 6.80. The fraction of sp³-hybridized carbons (Fsp3) is 0.533. The van der Waals surface area contributed by atoms with Crippen molar-refractivity contribution in [2.75, 3.05) is 26.2 Å². The molecule has 6 heteroatoms. The molecular weight excluding hydrogens is 288 g/mol. The van der Waals surface area contributed by atoms with Crippen LogP contribution in [0.25, 0.3) is 0 Å². The molecule has 0 radical (unpaired) electrons. The summed E-state index contributed by atoms with van der Waals surface area (Å²) in [4.78, 5) is 12.0. The fourth-order valence-electron chi connectivity index (χ4n) is 1.90. The Morgan fingerprint density at radius 1 is 1.33 bits per heavy atom. The van der Waals surface area contributed by atoms with E-state index in [2.05, 4.69) is 5.32 Å². The van der Waals surface area contributed by atoms with Gasteiger partial charge in [0.05, 0.1) is 26.3 Å². The summed E-state index contributed by atoms with van der Waals surface area (Å²) >= 11 is 1.68. The van der Waals surface area contributed by atoms with Gasteiger partial charge in [0, 0.05) is 0 Å². The molecule has 1 aromatic rings. The molecule has 1 aromatic carbocycles. The van der Waals surface area contributed by atoms with E-state index in [-0.39, 0.29) is 11.9 Å². The Morgan fingerprint density at radius 2 is 2.00 bits per heavy atom. The quantitative estimate of drug-likeness (QED) is 0.767. The van der Waals surface area contributed by atoms with Crippen LogP contribution >= 0.6 is 11.8 Å². The van der Waals surface area contributed by atoms with Crippen molar-refractivity contribution in [3.05, 3.63) is 23.8 Å². The third kappa shape index (κ3) is 5.13. The number of methoxy groups -OCH3 is 2. The summed E-state index contributed by atoms with van der Waals surface area (Å²) in [6.07, 6.45) is 2.67. The van der Waals surface area contributed by atoms with Crippen LogP contribution in [0.3, 0.4) is 0 Å². The van der Waals surface area contributed by atoms with Crippen LogP contribution in [0.15, 0.2) is 18.2 Å². The van der Waals surface area contributed by atoms with Crippen molar-refractivity contribution >= 4 is 17.7 Å². The molecule has 1 unspecified atom stereocenters. The van der Waals surface area contributed by atoms with Crippen molar-refractivity contribution in [3.63, 3.8) is 0 Å². The van der Waals surface area contributed by atoms with E-state index in [1.807, 2.05) is 31.4 Å². The highest BCUT2D eigenvalue weighted by Gasteiger charge is 2.17. The van der Waals surface area contributed by atoms with Crippen molar-refractivity contribution in [2.45, 2.75) is 25.4 Å². The third-order valence-corrected chi connectivity index (χ3v) is 3.88. The number of hydrogen-bond acceptors (Lipinski definition) is 5. The number of thioether (sulfide) groups is 1. The van der Waals surface area contributed by atoms with Gasteiger partial charge in [-0.1, -0.05) is 6.07 Å². The van der Waals surface area contributed by atoms with Gasteiger partial charge in [0.15, 0.2) is 11.5 Å². The van der Waals surface area contributed by atoms with Crippen LogP contribution in [0.4, 0.5) is 0 Å². The van der Waals surface area contributed by atoms with E-state index in [4.69, 9.17) is 15.2 Å². The first-order valence-electron chi connectivity index (χ1n) is 6.80. The molecule has 0 saturated heterocycles. The lowest BCUT2D eigenvalue weighted by molar-refractivity contribution is -0.123. The molecule has 118 valence electrons. The van der Waals surface area contributed by atoms with E-state index >= 15 is 0 Å². The molecule has 1 amide bonds. The smallest absolute Gasteiger partial charge is 0.237 e. The number of ether oxygens (including phenoxy) is 2. The number of carbonyl (C=O) groups is 1. The van der Waals surface area contributed by atoms with Crippen LogP contribution in [0, 0.1) is 0 Å². The van der Waals surface area contributed by atoms with Gasteiger partial charge >= 0.3 is 0 Å². The Bertz CT molecular complexity index is 468. The molecule has 0 bridgehead atoms. The monoisotopic (exact) mass is 312 g/mol. The highest BCUT2D eigenvalue weighted by Crippen LogP contribution is 2.29. The minimum absolute atomic E-state index is 0.133. The van der Waals surface area contributed by atoms with Crippen LogP contribution < -0.4 is 20.5 Å². The second kappa shape index (κ2) is 8.79. The second-order valence-corrected chi connectivity index (χ2v) is 5.72. The lowest BCUT2D eigenvalue weighted by atomic mass is 10.1. The molecule has 0 aromatic heterocycles. The molecule has 0 aliphatic rings. The van der Waals surface area contributed by atoms with E-state index in [1.165, 1.54) is 0 Å². The van der Waals surface area contributed by atoms with E-state index in [0.29, 0.717) is 17.9 Å². The first-order chi connectivity index (χ1) is 10.0. The highest BCUT2D eigenvalue weighted by molar-refractivity contribution is 7.98. The first kappa shape index (κ1) is 17.7. The standard InChI is InChI=1S/C15H24N2O3S/c1-10(17-15(18)12(16)7-8-21-4)11-5-6-13(19-2)14(9-11)20-3/h5-6,9-10,12H,7-8,16H2,1-4H3,(H,17,18)/t10?,12-/m0/s1. The summed E-state index contributed by atoms with van der Waals surface area (Å²) in [6.45, 7) is 1.92. The zero-order chi connectivity index (χ0) is 15.8. The Kier molecular flexibility index (Phi) is 7.39. The predicted octanol–water partition coefficient (Wildman–Crippen LogP) is 1.96. The zero-order valence-electron chi connectivity index (χ0n) is 13.0. The number of hydrogen-bond donors (Lipinski definition) is 2. The molecule has 0 fully saturated rings. The number of benzene rings is 1. The molecule has 0 saturated carbocycles. The Morgan fingerprint density at radius 3 is 2.57 bits per heavy atom. The maximum Gasteiger partial charge on any atom is 0.237 e. The molecule has 21 heavy (non-hydrogen) atoms. The van der Waals surface area contributed by atoms with Gasteiger partial charge in [-0.15, -0.1) is 0 Å². The van der Waals surface area contributed by atoms with E-state index < -0.39 is 6.04 Å². The predicted molar refractivity (Wildman–Crippen MR) is 87.1 cm³/mol. The van der Waals surface area contributed by atoms with Gasteiger partial charge in [-0.2, -0.15) is 11.8 Å². The van der Waals surface area contributed by atoms with Gasteiger partial charge in [0.25, 0.3) is 0 Å². The fourth-order valence-corrected chi connectivity index (χ4v) is 2.39. The topological polar surface area (TPSA) is 73.6 Å². The van der Waals surface area contributed by atoms with Gasteiger partial charge in [-0.3, -0.25) is 4.79 Å². The highest BCUT2D eigenvalue weighted by atomic mass is 32.2. The van der Waals surface area contributed by atoms with Gasteiger partial charge in [0.2, 0.25) is 5.91 Å². The molecule has 0 heterocycles. The SMILES string of the molecule is COc1ccc(C(C)NC(=O)[C@@H](N)CCSC)cc1OC. The van der Waals surface area contributed by atoms with Crippen molar-refractivity contribution in [2.24, 2.45) is 5.73 Å². The van der Waals surface area contributed by atoms with Crippen LogP contribution in [-0.2, 0) is 4.79 Å². The second-order valence-electron chi connectivity index (χ2n) is 4.73. The number of carbonyl (C=O) groups excluding carboxylic acids is 1. The normalized spacial score (nSPS) is 13.4. The van der Waals surface area contributed by atoms with Crippen molar-refractivity contribution in [3.8, 4) is 11.5 Å². The Labute approximate surface area is 130 Å². The van der Waals surface area contributed by atoms with E-state index in [1.54, 1.807) is 26.0 Å². The molecule has 0 aliphatic heterocycles. The van der Waals surface area contributed by atoms with Gasteiger partial charge in [-0.05, 0) is 43.0 Å². The lowest BCUT2D eigenvalue weighted by Crippen LogP contribution is -2.41. The van der Waals surface area contributed by atoms with E-state index in [0.717, 1.165) is 11.3 Å². The largest absolute Gasteiger partial charge is 0.493 e. The number of rotatable bonds is 8. The van der Waals surface area contributed by atoms with Crippen LogP contribution in [-0.4, -0.2) is 38.2 Å². The molecule has 5 nitrogen and oxygen atoms in total. The van der Waals surface area contributed by atoms with Gasteiger partial charge in [-0.25, -0.2) is 0 Å². The summed E-state index contributed by atoms with van der Waals surface area (Å²) in [6, 6.07) is 4.97. The molecule has 2 atom stereocenters. The minimum Gasteiger partial charge on any atom is -0.493 e. The summed E-state index contributed by atoms with van der Waals surface area (Å²) in [7, 11) is 3.18. The minimum atomic E-state index is -0.472. The summed E-state index contributed by atoms with van der Waals surface area (Å²) < 4.78 is 10.5. The molecule has 0 spiro atoms. The number of nitrogens with two attached hydrogens (primary N) is 1. The van der Waals surface area contributed by atoms with Crippen LogP contribution in [0.5, 0.6) is 11.5 Å². The van der Waals surface area contributed by atoms with Gasteiger partial charge in [0.1, 0.15) is 0 Å². The Hall–Kier alpha value is -1.40. The molecule has 1 rings (SSSR count). The van der Waals surface area contributed by atoms with Crippen LogP contribution in [0.2, 0.25) is 0 Å². The maximum absolute atomic E-state index is 12.0. The van der Waals surface area contributed by atoms with E-state index in [9.17, 15) is 4.79 Å². The number of amides is 1. The molecule has 3 N–H and O–H groups in total. The lowest BCUT2D eigenvalue weighted by Gasteiger charge is -2.19. The summed E-state index contributed by atoms with van der Waals surface area (Å²) in [5, 5.41) is 2.92. The Balaban J connectivity index is 2.70. The van der Waals surface area contributed by atoms with Gasteiger partial charge < -0.3 is 20.5 Å². The average Bonchev–Trinajstić information content (AvgIpc) is 2.51. The van der Waals surface area contributed by atoms with Crippen LogP contribution in [0.1, 0.15) is 24.9 Å². The van der Waals surface area contributed by atoms with Crippen molar-refractivity contribution in [1.29, 1.82) is 0 Å². The van der Waals surface area contributed by atoms with Crippen molar-refractivity contribution in [1.82, 2.24) is 5.32 Å².